The number of primary sulfonamides is 1. The van der Waals surface area contributed by atoms with Crippen LogP contribution < -0.4 is 15.8 Å². The zero-order valence-electron chi connectivity index (χ0n) is 23.5. The van der Waals surface area contributed by atoms with Gasteiger partial charge in [0.15, 0.2) is 0 Å². The molecule has 10 nitrogen and oxygen atoms in total. The molecule has 0 heterocycles. The second-order valence-electron chi connectivity index (χ2n) is 9.78. The van der Waals surface area contributed by atoms with Gasteiger partial charge in [-0.2, -0.15) is 0 Å². The number of nitrogens with one attached hydrogen (secondary N) is 3. The van der Waals surface area contributed by atoms with Gasteiger partial charge >= 0.3 is 12.1 Å². The first kappa shape index (κ1) is 33.8. The van der Waals surface area contributed by atoms with Crippen molar-refractivity contribution in [3.05, 3.63) is 120 Å². The van der Waals surface area contributed by atoms with Gasteiger partial charge in [0, 0.05) is 29.9 Å². The van der Waals surface area contributed by atoms with E-state index >= 15 is 0 Å². The number of ether oxygens (including phenoxy) is 1. The van der Waals surface area contributed by atoms with Crippen molar-refractivity contribution in [3.63, 3.8) is 0 Å². The summed E-state index contributed by atoms with van der Waals surface area (Å²) in [5.74, 6) is -0.241. The Hall–Kier alpha value is -4.13. The molecular weight excluding hydrogens is 661 g/mol. The van der Waals surface area contributed by atoms with Crippen molar-refractivity contribution in [2.24, 2.45) is 5.14 Å². The largest absolute Gasteiger partial charge is 0.445 e. The molecule has 0 aromatic heterocycles. The van der Waals surface area contributed by atoms with Gasteiger partial charge in [0.25, 0.3) is 0 Å². The zero-order valence-corrected chi connectivity index (χ0v) is 26.6. The first-order valence-electron chi connectivity index (χ1n) is 13.3. The maximum atomic E-state index is 13.5. The summed E-state index contributed by atoms with van der Waals surface area (Å²) >= 11 is 16.8. The molecule has 5 N–H and O–H groups in total. The first-order valence-corrected chi connectivity index (χ1v) is 16.0. The number of urea groups is 1. The molecule has 0 spiro atoms. The van der Waals surface area contributed by atoms with Crippen LogP contribution in [0.15, 0.2) is 108 Å². The Morgan fingerprint density at radius 1 is 0.844 bits per heavy atom. The molecule has 0 saturated heterocycles. The average molecular weight is 689 g/mol. The van der Waals surface area contributed by atoms with E-state index in [1.54, 1.807) is 71.6 Å². The second-order valence-corrected chi connectivity index (χ2v) is 13.8. The maximum Gasteiger partial charge on any atom is 0.412 e. The summed E-state index contributed by atoms with van der Waals surface area (Å²) < 4.78 is 27.1. The molecule has 0 radical (unpaired) electrons. The molecule has 4 aromatic rings. The lowest BCUT2D eigenvalue weighted by Crippen LogP contribution is -2.34. The van der Waals surface area contributed by atoms with Crippen LogP contribution in [-0.4, -0.2) is 41.7 Å². The molecule has 0 fully saturated rings. The fourth-order valence-electron chi connectivity index (χ4n) is 4.30. The third-order valence-corrected chi connectivity index (χ3v) is 7.62. The Bertz CT molecular complexity index is 1780. The van der Waals surface area contributed by atoms with Crippen molar-refractivity contribution in [1.82, 2.24) is 10.2 Å². The maximum absolute atomic E-state index is 13.5. The van der Waals surface area contributed by atoms with Crippen molar-refractivity contribution >= 4 is 68.5 Å². The number of benzene rings is 4. The molecule has 14 heteroatoms. The number of halogens is 3. The minimum absolute atomic E-state index is 0.000957. The molecule has 0 bridgehead atoms. The molecule has 0 aliphatic carbocycles. The highest BCUT2D eigenvalue weighted by atomic mass is 35.6. The van der Waals surface area contributed by atoms with Crippen molar-refractivity contribution in [1.29, 1.82) is 5.41 Å². The second kappa shape index (κ2) is 14.8. The molecule has 4 aromatic carbocycles. The smallest absolute Gasteiger partial charge is 0.412 e. The summed E-state index contributed by atoms with van der Waals surface area (Å²) in [7, 11) is -3.94. The summed E-state index contributed by atoms with van der Waals surface area (Å²) in [6.07, 6.45) is -0.957. The lowest BCUT2D eigenvalue weighted by Gasteiger charge is -2.24. The molecule has 0 saturated carbocycles. The van der Waals surface area contributed by atoms with E-state index < -0.39 is 32.5 Å². The van der Waals surface area contributed by atoms with Crippen LogP contribution in [-0.2, 0) is 27.8 Å². The minimum Gasteiger partial charge on any atom is -0.445 e. The molecule has 0 aliphatic rings. The van der Waals surface area contributed by atoms with Crippen LogP contribution in [0.3, 0.4) is 0 Å². The van der Waals surface area contributed by atoms with Gasteiger partial charge in [0.2, 0.25) is 13.8 Å². The number of nitrogens with two attached hydrogens (primary N) is 1. The number of hydrogen-bond donors (Lipinski definition) is 4. The predicted molar refractivity (Wildman–Crippen MR) is 176 cm³/mol. The SMILES string of the molecule is N=C(NC(=O)OCC(Cl)(Cl)Cl)c1cccc(CN(Cc2ccccc2)C(=O)Nc2ccc(-c3ccccc3S(N)(=O)=O)cc2)c1. The summed E-state index contributed by atoms with van der Waals surface area (Å²) in [4.78, 5) is 27.2. The van der Waals surface area contributed by atoms with E-state index in [1.807, 2.05) is 30.3 Å². The summed E-state index contributed by atoms with van der Waals surface area (Å²) in [5.41, 5.74) is 3.50. The van der Waals surface area contributed by atoms with E-state index in [0.717, 1.165) is 5.56 Å². The highest BCUT2D eigenvalue weighted by molar-refractivity contribution is 7.89. The van der Waals surface area contributed by atoms with Crippen LogP contribution in [0.2, 0.25) is 0 Å². The molecular formula is C31H28Cl3N5O5S. The number of anilines is 1. The monoisotopic (exact) mass is 687 g/mol. The van der Waals surface area contributed by atoms with Gasteiger partial charge in [0.1, 0.15) is 12.4 Å². The standard InChI is InChI=1S/C31H28Cl3N5O5S/c32-31(33,34)20-44-30(41)38-28(35)24-10-6-9-22(17-24)19-39(18-21-7-2-1-3-8-21)29(40)37-25-15-13-23(14-16-25)26-11-4-5-12-27(26)45(36,42)43/h1-17H,18-20H2,(H,37,40)(H2,35,38,41)(H2,36,42,43). The quantitative estimate of drug-likeness (QED) is 0.0880. The van der Waals surface area contributed by atoms with Crippen molar-refractivity contribution < 1.29 is 22.7 Å². The number of nitrogens with zero attached hydrogens (tertiary/aromatic N) is 1. The fourth-order valence-corrected chi connectivity index (χ4v) is 5.22. The molecule has 234 valence electrons. The highest BCUT2D eigenvalue weighted by Gasteiger charge is 2.23. The average Bonchev–Trinajstić information content (AvgIpc) is 3.00. The molecule has 4 rings (SSSR count). The van der Waals surface area contributed by atoms with Gasteiger partial charge in [-0.1, -0.05) is 114 Å². The third-order valence-electron chi connectivity index (χ3n) is 6.33. The number of amides is 3. The van der Waals surface area contributed by atoms with Gasteiger partial charge in [-0.3, -0.25) is 10.7 Å². The Morgan fingerprint density at radius 2 is 1.47 bits per heavy atom. The lowest BCUT2D eigenvalue weighted by atomic mass is 10.1. The van der Waals surface area contributed by atoms with E-state index in [2.05, 4.69) is 10.6 Å². The van der Waals surface area contributed by atoms with Crippen LogP contribution >= 0.6 is 34.8 Å². The number of carbonyl (C=O) groups excluding carboxylic acids is 2. The lowest BCUT2D eigenvalue weighted by molar-refractivity contribution is 0.154. The van der Waals surface area contributed by atoms with Crippen LogP contribution in [0.4, 0.5) is 15.3 Å². The normalized spacial score (nSPS) is 11.4. The highest BCUT2D eigenvalue weighted by Crippen LogP contribution is 2.28. The zero-order chi connectivity index (χ0) is 32.6. The Balaban J connectivity index is 1.50. The van der Waals surface area contributed by atoms with Crippen LogP contribution in [0.5, 0.6) is 0 Å². The van der Waals surface area contributed by atoms with Gasteiger partial charge < -0.3 is 15.0 Å². The number of alkyl halides is 3. The van der Waals surface area contributed by atoms with E-state index in [-0.39, 0.29) is 23.8 Å². The molecule has 0 aliphatic heterocycles. The van der Waals surface area contributed by atoms with E-state index in [0.29, 0.717) is 27.9 Å². The van der Waals surface area contributed by atoms with Crippen molar-refractivity contribution in [3.8, 4) is 11.1 Å². The summed E-state index contributed by atoms with van der Waals surface area (Å²) in [5, 5.41) is 18.8. The predicted octanol–water partition coefficient (Wildman–Crippen LogP) is 6.66. The Morgan fingerprint density at radius 3 is 2.13 bits per heavy atom. The molecule has 3 amide bonds. The van der Waals surface area contributed by atoms with E-state index in [4.69, 9.17) is 50.1 Å². The minimum atomic E-state index is -3.94. The fraction of sp³-hybridized carbons (Fsp3) is 0.129. The molecule has 0 atom stereocenters. The first-order chi connectivity index (χ1) is 21.3. The molecule has 45 heavy (non-hydrogen) atoms. The van der Waals surface area contributed by atoms with Gasteiger partial charge in [0.05, 0.1) is 4.90 Å². The number of sulfonamides is 1. The summed E-state index contributed by atoms with van der Waals surface area (Å²) in [6, 6.07) is 28.9. The topological polar surface area (TPSA) is 155 Å². The van der Waals surface area contributed by atoms with Crippen molar-refractivity contribution in [2.45, 2.75) is 21.8 Å². The van der Waals surface area contributed by atoms with E-state index in [9.17, 15) is 18.0 Å². The van der Waals surface area contributed by atoms with Crippen LogP contribution in [0.25, 0.3) is 11.1 Å². The number of hydrogen-bond acceptors (Lipinski definition) is 6. The number of rotatable bonds is 9. The number of carbonyl (C=O) groups is 2. The summed E-state index contributed by atoms with van der Waals surface area (Å²) in [6.45, 7) is -0.0544. The third kappa shape index (κ3) is 10.2. The van der Waals surface area contributed by atoms with Crippen molar-refractivity contribution in [2.75, 3.05) is 11.9 Å². The van der Waals surface area contributed by atoms with Gasteiger partial charge in [-0.15, -0.1) is 0 Å². The molecule has 0 unspecified atom stereocenters. The van der Waals surface area contributed by atoms with E-state index in [1.165, 1.54) is 6.07 Å². The van der Waals surface area contributed by atoms with Gasteiger partial charge in [-0.25, -0.2) is 23.1 Å². The Labute approximate surface area is 275 Å². The number of amidine groups is 1. The Kier molecular flexibility index (Phi) is 11.1. The number of alkyl carbamates (subject to hydrolysis) is 1. The van der Waals surface area contributed by atoms with Gasteiger partial charge in [-0.05, 0) is 41.0 Å². The van der Waals surface area contributed by atoms with Crippen LogP contribution in [0, 0.1) is 5.41 Å². The van der Waals surface area contributed by atoms with Crippen LogP contribution in [0.1, 0.15) is 16.7 Å².